The minimum absolute atomic E-state index is 0.400. The van der Waals surface area contributed by atoms with Crippen molar-refractivity contribution in [3.8, 4) is 11.5 Å². The van der Waals surface area contributed by atoms with Crippen LogP contribution in [0.2, 0.25) is 5.15 Å². The predicted molar refractivity (Wildman–Crippen MR) is 80.2 cm³/mol. The van der Waals surface area contributed by atoms with Crippen molar-refractivity contribution in [2.24, 2.45) is 0 Å². The van der Waals surface area contributed by atoms with Crippen molar-refractivity contribution in [2.45, 2.75) is 6.92 Å². The summed E-state index contributed by atoms with van der Waals surface area (Å²) in [5, 5.41) is 1.49. The van der Waals surface area contributed by atoms with Crippen LogP contribution in [0.25, 0.3) is 22.4 Å². The molecule has 1 aromatic carbocycles. The molecule has 0 unspecified atom stereocenters. The summed E-state index contributed by atoms with van der Waals surface area (Å²) in [5.74, 6) is 0.538. The second kappa shape index (κ2) is 4.87. The van der Waals surface area contributed by atoms with Crippen LogP contribution in [-0.2, 0) is 0 Å². The normalized spacial score (nSPS) is 10.9. The maximum absolute atomic E-state index is 6.06. The lowest BCUT2D eigenvalue weighted by molar-refractivity contribution is 1.08. The van der Waals surface area contributed by atoms with Crippen molar-refractivity contribution in [3.05, 3.63) is 51.7 Å². The van der Waals surface area contributed by atoms with E-state index in [1.807, 2.05) is 43.3 Å². The molecule has 0 aliphatic heterocycles. The first-order valence-electron chi connectivity index (χ1n) is 5.71. The van der Waals surface area contributed by atoms with Gasteiger partial charge in [0.05, 0.1) is 15.7 Å². The van der Waals surface area contributed by atoms with Crippen LogP contribution in [0, 0.1) is 6.92 Å². The molecule has 5 heteroatoms. The molecule has 2 heterocycles. The van der Waals surface area contributed by atoms with E-state index in [0.29, 0.717) is 11.0 Å². The Morgan fingerprint density at radius 3 is 2.58 bits per heavy atom. The lowest BCUT2D eigenvalue weighted by Gasteiger charge is -2.05. The molecular weight excluding hydrogens is 326 g/mol. The van der Waals surface area contributed by atoms with Gasteiger partial charge >= 0.3 is 0 Å². The van der Waals surface area contributed by atoms with Crippen LogP contribution in [0.15, 0.2) is 40.9 Å². The predicted octanol–water partition coefficient (Wildman–Crippen LogP) is 4.42. The molecule has 3 rings (SSSR count). The average Bonchev–Trinajstić information content (AvgIpc) is 2.43. The molecule has 0 fully saturated rings. The van der Waals surface area contributed by atoms with Gasteiger partial charge in [0.1, 0.15) is 10.8 Å². The Balaban J connectivity index is 2.19. The van der Waals surface area contributed by atoms with Crippen LogP contribution >= 0.6 is 27.5 Å². The molecule has 0 spiro atoms. The van der Waals surface area contributed by atoms with Crippen LogP contribution in [0.1, 0.15) is 5.69 Å². The molecule has 0 aliphatic carbocycles. The fourth-order valence-corrected chi connectivity index (χ4v) is 2.22. The third kappa shape index (κ3) is 2.33. The van der Waals surface area contributed by atoms with Crippen molar-refractivity contribution in [3.63, 3.8) is 0 Å². The Morgan fingerprint density at radius 2 is 1.79 bits per heavy atom. The fraction of sp³-hybridized carbons (Fsp3) is 0.0714. The van der Waals surface area contributed by atoms with E-state index in [2.05, 4.69) is 30.9 Å². The summed E-state index contributed by atoms with van der Waals surface area (Å²) in [6.45, 7) is 1.88. The number of rotatable bonds is 1. The first-order chi connectivity index (χ1) is 9.15. The summed E-state index contributed by atoms with van der Waals surface area (Å²) in [5.41, 5.74) is 2.43. The van der Waals surface area contributed by atoms with E-state index in [9.17, 15) is 0 Å². The zero-order valence-corrected chi connectivity index (χ0v) is 12.4. The third-order valence-electron chi connectivity index (χ3n) is 2.80. The molecule has 0 atom stereocenters. The average molecular weight is 335 g/mol. The first kappa shape index (κ1) is 12.5. The maximum Gasteiger partial charge on any atom is 0.179 e. The quantitative estimate of drug-likeness (QED) is 0.618. The van der Waals surface area contributed by atoms with Gasteiger partial charge in [-0.2, -0.15) is 0 Å². The summed E-state index contributed by atoms with van der Waals surface area (Å²) in [7, 11) is 0. The van der Waals surface area contributed by atoms with Crippen molar-refractivity contribution >= 4 is 38.4 Å². The van der Waals surface area contributed by atoms with Gasteiger partial charge in [-0.3, -0.25) is 0 Å². The number of aryl methyl sites for hydroxylation is 1. The minimum Gasteiger partial charge on any atom is -0.244 e. The Morgan fingerprint density at radius 1 is 1.00 bits per heavy atom. The summed E-state index contributed by atoms with van der Waals surface area (Å²) < 4.78 is 0.721. The largest absolute Gasteiger partial charge is 0.244 e. The van der Waals surface area contributed by atoms with Gasteiger partial charge in [0.15, 0.2) is 5.82 Å². The van der Waals surface area contributed by atoms with E-state index in [1.165, 1.54) is 0 Å². The number of aromatic nitrogens is 3. The van der Waals surface area contributed by atoms with E-state index in [4.69, 9.17) is 11.6 Å². The molecule has 3 nitrogen and oxygen atoms in total. The second-order valence-corrected chi connectivity index (χ2v) is 5.28. The number of halogens is 2. The van der Waals surface area contributed by atoms with E-state index in [0.717, 1.165) is 26.8 Å². The number of benzene rings is 1. The first-order valence-corrected chi connectivity index (χ1v) is 6.88. The van der Waals surface area contributed by atoms with E-state index >= 15 is 0 Å². The van der Waals surface area contributed by atoms with Gasteiger partial charge in [0.2, 0.25) is 0 Å². The van der Waals surface area contributed by atoms with Crippen molar-refractivity contribution < 1.29 is 0 Å². The Labute approximate surface area is 123 Å². The van der Waals surface area contributed by atoms with Gasteiger partial charge in [0, 0.05) is 5.39 Å². The Bertz CT molecular complexity index is 750. The van der Waals surface area contributed by atoms with Crippen molar-refractivity contribution in [1.82, 2.24) is 15.0 Å². The molecular formula is C14H9BrClN3. The molecule has 0 radical (unpaired) electrons. The van der Waals surface area contributed by atoms with Crippen molar-refractivity contribution in [2.75, 3.05) is 0 Å². The highest BCUT2D eigenvalue weighted by Crippen LogP contribution is 2.26. The highest BCUT2D eigenvalue weighted by molar-refractivity contribution is 9.10. The van der Waals surface area contributed by atoms with E-state index < -0.39 is 0 Å². The van der Waals surface area contributed by atoms with Crippen LogP contribution in [0.3, 0.4) is 0 Å². The van der Waals surface area contributed by atoms with Gasteiger partial charge in [0.25, 0.3) is 0 Å². The summed E-state index contributed by atoms with van der Waals surface area (Å²) in [6.07, 6.45) is 0. The number of para-hydroxylation sites is 1. The van der Waals surface area contributed by atoms with Crippen LogP contribution < -0.4 is 0 Å². The van der Waals surface area contributed by atoms with Crippen LogP contribution in [-0.4, -0.2) is 15.0 Å². The summed E-state index contributed by atoms with van der Waals surface area (Å²) >= 11 is 9.41. The Kier molecular flexibility index (Phi) is 3.21. The monoisotopic (exact) mass is 333 g/mol. The molecule has 0 amide bonds. The Hall–Kier alpha value is -1.52. The standard InChI is InChI=1S/C14H9BrClN3/c1-8-12(15)13(16)19-14(17-8)11-7-6-9-4-2-3-5-10(9)18-11/h2-7H,1H3. The SMILES string of the molecule is Cc1nc(-c2ccc3ccccc3n2)nc(Cl)c1Br. The van der Waals surface area contributed by atoms with Crippen molar-refractivity contribution in [1.29, 1.82) is 0 Å². The van der Waals surface area contributed by atoms with Crippen LogP contribution in [0.4, 0.5) is 0 Å². The smallest absolute Gasteiger partial charge is 0.179 e. The summed E-state index contributed by atoms with van der Waals surface area (Å²) in [4.78, 5) is 13.2. The highest BCUT2D eigenvalue weighted by Gasteiger charge is 2.10. The molecule has 0 bridgehead atoms. The lowest BCUT2D eigenvalue weighted by Crippen LogP contribution is -1.96. The van der Waals surface area contributed by atoms with Crippen LogP contribution in [0.5, 0.6) is 0 Å². The van der Waals surface area contributed by atoms with Gasteiger partial charge in [-0.25, -0.2) is 15.0 Å². The van der Waals surface area contributed by atoms with Gasteiger partial charge in [-0.1, -0.05) is 35.9 Å². The highest BCUT2D eigenvalue weighted by atomic mass is 79.9. The summed E-state index contributed by atoms with van der Waals surface area (Å²) in [6, 6.07) is 11.8. The molecule has 94 valence electrons. The number of pyridine rings is 1. The molecule has 2 aromatic heterocycles. The molecule has 0 saturated heterocycles. The maximum atomic E-state index is 6.06. The molecule has 0 saturated carbocycles. The molecule has 0 N–H and O–H groups in total. The molecule has 3 aromatic rings. The number of nitrogens with zero attached hydrogens (tertiary/aromatic N) is 3. The van der Waals surface area contributed by atoms with E-state index in [-0.39, 0.29) is 0 Å². The molecule has 0 aliphatic rings. The topological polar surface area (TPSA) is 38.7 Å². The van der Waals surface area contributed by atoms with E-state index in [1.54, 1.807) is 0 Å². The zero-order chi connectivity index (χ0) is 13.4. The number of hydrogen-bond acceptors (Lipinski definition) is 3. The number of fused-ring (bicyclic) bond motifs is 1. The third-order valence-corrected chi connectivity index (χ3v) is 4.26. The minimum atomic E-state index is 0.400. The fourth-order valence-electron chi connectivity index (χ4n) is 1.83. The number of hydrogen-bond donors (Lipinski definition) is 0. The second-order valence-electron chi connectivity index (χ2n) is 4.13. The van der Waals surface area contributed by atoms with Gasteiger partial charge < -0.3 is 0 Å². The zero-order valence-electron chi connectivity index (χ0n) is 10.1. The van der Waals surface area contributed by atoms with Gasteiger partial charge in [-0.05, 0) is 35.0 Å². The lowest BCUT2D eigenvalue weighted by atomic mass is 10.2. The van der Waals surface area contributed by atoms with Gasteiger partial charge in [-0.15, -0.1) is 0 Å². The molecule has 19 heavy (non-hydrogen) atoms.